The summed E-state index contributed by atoms with van der Waals surface area (Å²) in [6.45, 7) is 0.989. The number of ether oxygens (including phenoxy) is 1. The summed E-state index contributed by atoms with van der Waals surface area (Å²) in [6.07, 6.45) is 0.266. The van der Waals surface area contributed by atoms with Crippen molar-refractivity contribution in [3.05, 3.63) is 34.4 Å². The Morgan fingerprint density at radius 2 is 2.24 bits per heavy atom. The standard InChI is InChI=1S/C13H15N3O5/c17-12-4-6-15(7-5-14-12)13(18)9-21-11-3-1-2-10(8-11)16(19)20/h1-3,8H,4-7,9H2,(H,14,17). The molecule has 1 saturated heterocycles. The van der Waals surface area contributed by atoms with Crippen molar-refractivity contribution in [1.29, 1.82) is 0 Å². The second kappa shape index (κ2) is 6.69. The fraction of sp³-hybridized carbons (Fsp3) is 0.385. The largest absolute Gasteiger partial charge is 0.484 e. The maximum Gasteiger partial charge on any atom is 0.273 e. The van der Waals surface area contributed by atoms with Gasteiger partial charge < -0.3 is 15.0 Å². The van der Waals surface area contributed by atoms with Crippen LogP contribution >= 0.6 is 0 Å². The highest BCUT2D eigenvalue weighted by molar-refractivity contribution is 5.81. The first kappa shape index (κ1) is 14.8. The molecular weight excluding hydrogens is 278 g/mol. The molecule has 0 aromatic heterocycles. The molecule has 0 bridgehead atoms. The minimum Gasteiger partial charge on any atom is -0.484 e. The second-order valence-electron chi connectivity index (χ2n) is 4.52. The minimum absolute atomic E-state index is 0.0788. The normalized spacial score (nSPS) is 15.0. The fourth-order valence-corrected chi connectivity index (χ4v) is 1.94. The zero-order valence-corrected chi connectivity index (χ0v) is 11.3. The van der Waals surface area contributed by atoms with Gasteiger partial charge in [0.25, 0.3) is 11.6 Å². The smallest absolute Gasteiger partial charge is 0.273 e. The van der Waals surface area contributed by atoms with Gasteiger partial charge in [-0.3, -0.25) is 19.7 Å². The van der Waals surface area contributed by atoms with Crippen LogP contribution in [0.4, 0.5) is 5.69 Å². The number of nitro groups is 1. The van der Waals surface area contributed by atoms with Crippen molar-refractivity contribution in [2.24, 2.45) is 0 Å². The van der Waals surface area contributed by atoms with Gasteiger partial charge in [0, 0.05) is 32.1 Å². The molecule has 2 amide bonds. The van der Waals surface area contributed by atoms with Gasteiger partial charge in [-0.15, -0.1) is 0 Å². The molecule has 2 rings (SSSR count). The number of hydrogen-bond acceptors (Lipinski definition) is 5. The summed E-state index contributed by atoms with van der Waals surface area (Å²) in [4.78, 5) is 34.8. The summed E-state index contributed by atoms with van der Waals surface area (Å²) in [5.74, 6) is -0.0653. The molecule has 0 radical (unpaired) electrons. The van der Waals surface area contributed by atoms with Crippen molar-refractivity contribution in [1.82, 2.24) is 10.2 Å². The maximum atomic E-state index is 12.0. The minimum atomic E-state index is -0.527. The number of amides is 2. The van der Waals surface area contributed by atoms with Crippen molar-refractivity contribution >= 4 is 17.5 Å². The number of benzene rings is 1. The van der Waals surface area contributed by atoms with E-state index in [0.29, 0.717) is 19.6 Å². The lowest BCUT2D eigenvalue weighted by Crippen LogP contribution is -2.37. The van der Waals surface area contributed by atoms with Crippen LogP contribution in [0.15, 0.2) is 24.3 Å². The molecule has 1 fully saturated rings. The van der Waals surface area contributed by atoms with Crippen molar-refractivity contribution in [3.8, 4) is 5.75 Å². The van der Waals surface area contributed by atoms with Crippen LogP contribution in [0.5, 0.6) is 5.75 Å². The molecular formula is C13H15N3O5. The van der Waals surface area contributed by atoms with Crippen LogP contribution in [-0.4, -0.2) is 47.9 Å². The van der Waals surface area contributed by atoms with E-state index in [1.54, 1.807) is 6.07 Å². The third kappa shape index (κ3) is 4.16. The number of rotatable bonds is 4. The van der Waals surface area contributed by atoms with E-state index >= 15 is 0 Å². The first-order valence-electron chi connectivity index (χ1n) is 6.48. The van der Waals surface area contributed by atoms with Gasteiger partial charge in [0.05, 0.1) is 11.0 Å². The zero-order chi connectivity index (χ0) is 15.2. The zero-order valence-electron chi connectivity index (χ0n) is 11.3. The Morgan fingerprint density at radius 1 is 1.43 bits per heavy atom. The Hall–Kier alpha value is -2.64. The molecule has 0 aliphatic carbocycles. The quantitative estimate of drug-likeness (QED) is 0.636. The number of hydrogen-bond donors (Lipinski definition) is 1. The molecule has 1 N–H and O–H groups in total. The molecule has 0 saturated carbocycles. The van der Waals surface area contributed by atoms with E-state index < -0.39 is 4.92 Å². The Bertz CT molecular complexity index is 560. The SMILES string of the molecule is O=C1CCN(C(=O)COc2cccc([N+](=O)[O-])c2)CCN1. The molecule has 1 aliphatic heterocycles. The molecule has 8 heteroatoms. The molecule has 1 aromatic rings. The maximum absolute atomic E-state index is 12.0. The number of carbonyl (C=O) groups excluding carboxylic acids is 2. The van der Waals surface area contributed by atoms with Gasteiger partial charge in [0.2, 0.25) is 5.91 Å². The molecule has 1 aromatic carbocycles. The Kier molecular flexibility index (Phi) is 4.70. The number of nitrogens with zero attached hydrogens (tertiary/aromatic N) is 2. The number of nitro benzene ring substituents is 1. The van der Waals surface area contributed by atoms with Crippen molar-refractivity contribution in [2.75, 3.05) is 26.2 Å². The molecule has 1 heterocycles. The molecule has 1 aliphatic rings. The van der Waals surface area contributed by atoms with Gasteiger partial charge in [-0.25, -0.2) is 0 Å². The van der Waals surface area contributed by atoms with E-state index in [0.717, 1.165) is 0 Å². The van der Waals surface area contributed by atoms with E-state index in [4.69, 9.17) is 4.74 Å². The van der Waals surface area contributed by atoms with Gasteiger partial charge in [-0.2, -0.15) is 0 Å². The molecule has 0 atom stereocenters. The summed E-state index contributed by atoms with van der Waals surface area (Å²) in [7, 11) is 0. The van der Waals surface area contributed by atoms with E-state index in [-0.39, 0.29) is 36.3 Å². The van der Waals surface area contributed by atoms with Crippen LogP contribution in [-0.2, 0) is 9.59 Å². The summed E-state index contributed by atoms with van der Waals surface area (Å²) in [5.41, 5.74) is -0.0930. The highest BCUT2D eigenvalue weighted by Crippen LogP contribution is 2.19. The van der Waals surface area contributed by atoms with E-state index in [2.05, 4.69) is 5.32 Å². The second-order valence-corrected chi connectivity index (χ2v) is 4.52. The first-order valence-corrected chi connectivity index (χ1v) is 6.48. The molecule has 112 valence electrons. The molecule has 0 spiro atoms. The van der Waals surface area contributed by atoms with Gasteiger partial charge >= 0.3 is 0 Å². The van der Waals surface area contributed by atoms with Crippen molar-refractivity contribution in [2.45, 2.75) is 6.42 Å². The third-order valence-electron chi connectivity index (χ3n) is 3.06. The lowest BCUT2D eigenvalue weighted by molar-refractivity contribution is -0.384. The predicted molar refractivity (Wildman–Crippen MR) is 72.8 cm³/mol. The third-order valence-corrected chi connectivity index (χ3v) is 3.06. The summed E-state index contributed by atoms with van der Waals surface area (Å²) in [6, 6.07) is 5.65. The topological polar surface area (TPSA) is 102 Å². The number of carbonyl (C=O) groups is 2. The first-order chi connectivity index (χ1) is 10.1. The average Bonchev–Trinajstić information content (AvgIpc) is 2.70. The Labute approximate surface area is 120 Å². The summed E-state index contributed by atoms with van der Waals surface area (Å²) in [5, 5.41) is 13.3. The van der Waals surface area contributed by atoms with Crippen LogP contribution in [0.1, 0.15) is 6.42 Å². The molecule has 21 heavy (non-hydrogen) atoms. The van der Waals surface area contributed by atoms with Crippen LogP contribution in [0, 0.1) is 10.1 Å². The van der Waals surface area contributed by atoms with Gasteiger partial charge in [-0.05, 0) is 6.07 Å². The van der Waals surface area contributed by atoms with Gasteiger partial charge in [0.1, 0.15) is 5.75 Å². The van der Waals surface area contributed by atoms with E-state index in [1.165, 1.54) is 23.1 Å². The highest BCUT2D eigenvalue weighted by Gasteiger charge is 2.19. The van der Waals surface area contributed by atoms with Crippen molar-refractivity contribution in [3.63, 3.8) is 0 Å². The average molecular weight is 293 g/mol. The highest BCUT2D eigenvalue weighted by atomic mass is 16.6. The molecule has 0 unspecified atom stereocenters. The van der Waals surface area contributed by atoms with Crippen LogP contribution in [0.25, 0.3) is 0 Å². The fourth-order valence-electron chi connectivity index (χ4n) is 1.94. The lowest BCUT2D eigenvalue weighted by Gasteiger charge is -2.19. The number of non-ortho nitro benzene ring substituents is 1. The molecule has 8 nitrogen and oxygen atoms in total. The monoisotopic (exact) mass is 293 g/mol. The Balaban J connectivity index is 1.90. The van der Waals surface area contributed by atoms with Gasteiger partial charge in [-0.1, -0.05) is 6.07 Å². The number of nitrogens with one attached hydrogen (secondary N) is 1. The van der Waals surface area contributed by atoms with Crippen LogP contribution in [0.2, 0.25) is 0 Å². The van der Waals surface area contributed by atoms with Crippen LogP contribution in [0.3, 0.4) is 0 Å². The lowest BCUT2D eigenvalue weighted by atomic mass is 10.3. The van der Waals surface area contributed by atoms with E-state index in [1.807, 2.05) is 0 Å². The van der Waals surface area contributed by atoms with Gasteiger partial charge in [0.15, 0.2) is 6.61 Å². The summed E-state index contributed by atoms with van der Waals surface area (Å²) < 4.78 is 5.28. The van der Waals surface area contributed by atoms with Crippen molar-refractivity contribution < 1.29 is 19.2 Å². The summed E-state index contributed by atoms with van der Waals surface area (Å²) >= 11 is 0. The van der Waals surface area contributed by atoms with E-state index in [9.17, 15) is 19.7 Å². The Morgan fingerprint density at radius 3 is 3.00 bits per heavy atom. The predicted octanol–water partition coefficient (Wildman–Crippen LogP) is 0.322. The van der Waals surface area contributed by atoms with Crippen LogP contribution < -0.4 is 10.1 Å².